The number of carboxylic acids is 1. The quantitative estimate of drug-likeness (QED) is 0.0232. The summed E-state index contributed by atoms with van der Waals surface area (Å²) >= 11 is 0. The van der Waals surface area contributed by atoms with E-state index in [4.69, 9.17) is 24.8 Å². The molecule has 3 atom stereocenters. The summed E-state index contributed by atoms with van der Waals surface area (Å²) in [5.74, 6) is -2.51. The summed E-state index contributed by atoms with van der Waals surface area (Å²) in [6.45, 7) is 2.55. The molecule has 0 radical (unpaired) electrons. The Morgan fingerprint density at radius 3 is 1.42 bits per heavy atom. The first-order chi connectivity index (χ1) is 29.1. The van der Waals surface area contributed by atoms with E-state index in [9.17, 15) is 23.8 Å². The molecule has 4 N–H and O–H groups in total. The molecule has 0 heterocycles. The SMILES string of the molecule is CC/C=C\C/C=C\C/C=C\C/C=C\C/C=C\CCCCCC(=O)OC[C@H](COP(=O)(O)OC[C@H](N)C(=O)O)OC(=O)CCC/C=C\C/C=C\C/C=C\C/C=C\CCCCC. The molecule has 338 valence electrons. The Morgan fingerprint density at radius 2 is 0.950 bits per heavy atom. The van der Waals surface area contributed by atoms with Gasteiger partial charge < -0.3 is 25.2 Å². The third kappa shape index (κ3) is 40.9. The average molecular weight is 858 g/mol. The maximum Gasteiger partial charge on any atom is 0.472 e. The predicted molar refractivity (Wildman–Crippen MR) is 244 cm³/mol. The number of carbonyl (C=O) groups is 3. The first-order valence-electron chi connectivity index (χ1n) is 21.9. The van der Waals surface area contributed by atoms with E-state index in [0.717, 1.165) is 77.0 Å². The zero-order chi connectivity index (χ0) is 44.2. The second-order valence-corrected chi connectivity index (χ2v) is 15.5. The van der Waals surface area contributed by atoms with Gasteiger partial charge in [-0.3, -0.25) is 23.4 Å². The molecule has 1 unspecified atom stereocenters. The Hall–Kier alpha value is -3.86. The maximum absolute atomic E-state index is 12.6. The van der Waals surface area contributed by atoms with E-state index in [-0.39, 0.29) is 12.8 Å². The molecule has 0 aliphatic rings. The number of ether oxygens (including phenoxy) is 2. The van der Waals surface area contributed by atoms with Crippen LogP contribution >= 0.6 is 7.82 Å². The number of esters is 2. The summed E-state index contributed by atoms with van der Waals surface area (Å²) in [4.78, 5) is 46.0. The van der Waals surface area contributed by atoms with E-state index < -0.39 is 57.7 Å². The highest BCUT2D eigenvalue weighted by Gasteiger charge is 2.28. The van der Waals surface area contributed by atoms with E-state index in [1.165, 1.54) is 19.3 Å². The molecule has 0 aromatic rings. The van der Waals surface area contributed by atoms with Crippen LogP contribution in [0.2, 0.25) is 0 Å². The molecule has 0 bridgehead atoms. The molecule has 0 saturated carbocycles. The minimum absolute atomic E-state index is 0.0705. The normalized spacial score (nSPS) is 14.7. The van der Waals surface area contributed by atoms with Crippen molar-refractivity contribution in [1.29, 1.82) is 0 Å². The lowest BCUT2D eigenvalue weighted by Crippen LogP contribution is -2.34. The van der Waals surface area contributed by atoms with Crippen molar-refractivity contribution in [2.24, 2.45) is 5.73 Å². The lowest BCUT2D eigenvalue weighted by molar-refractivity contribution is -0.161. The molecule has 12 heteroatoms. The Balaban J connectivity index is 4.54. The van der Waals surface area contributed by atoms with Crippen LogP contribution in [-0.4, -0.2) is 59.9 Å². The molecule has 0 aromatic heterocycles. The number of rotatable bonds is 39. The summed E-state index contributed by atoms with van der Waals surface area (Å²) < 4.78 is 32.6. The zero-order valence-electron chi connectivity index (χ0n) is 36.5. The van der Waals surface area contributed by atoms with Crippen LogP contribution in [0.1, 0.15) is 142 Å². The highest BCUT2D eigenvalue weighted by atomic mass is 31.2. The van der Waals surface area contributed by atoms with Crippen molar-refractivity contribution in [3.63, 3.8) is 0 Å². The van der Waals surface area contributed by atoms with Crippen LogP contribution < -0.4 is 5.73 Å². The van der Waals surface area contributed by atoms with Crippen molar-refractivity contribution in [1.82, 2.24) is 0 Å². The largest absolute Gasteiger partial charge is 0.480 e. The third-order valence-electron chi connectivity index (χ3n) is 8.50. The molecular weight excluding hydrogens is 781 g/mol. The van der Waals surface area contributed by atoms with E-state index in [1.54, 1.807) is 0 Å². The molecule has 0 aromatic carbocycles. The number of phosphoric ester groups is 1. The zero-order valence-corrected chi connectivity index (χ0v) is 37.4. The van der Waals surface area contributed by atoms with Crippen molar-refractivity contribution < 1.29 is 47.5 Å². The van der Waals surface area contributed by atoms with Gasteiger partial charge >= 0.3 is 25.7 Å². The summed E-state index contributed by atoms with van der Waals surface area (Å²) in [6.07, 6.45) is 54.4. The van der Waals surface area contributed by atoms with Crippen molar-refractivity contribution in [2.75, 3.05) is 19.8 Å². The number of carbonyl (C=O) groups excluding carboxylic acids is 2. The monoisotopic (exact) mass is 858 g/mol. The molecule has 0 amide bonds. The van der Waals surface area contributed by atoms with Crippen LogP contribution in [0.15, 0.2) is 109 Å². The fourth-order valence-corrected chi connectivity index (χ4v) is 5.86. The predicted octanol–water partition coefficient (Wildman–Crippen LogP) is 11.8. The minimum atomic E-state index is -4.75. The second-order valence-electron chi connectivity index (χ2n) is 14.1. The number of carboxylic acid groups (broad SMARTS) is 1. The van der Waals surface area contributed by atoms with Crippen molar-refractivity contribution in [3.8, 4) is 0 Å². The lowest BCUT2D eigenvalue weighted by Gasteiger charge is -2.20. The Bertz CT molecular complexity index is 1430. The van der Waals surface area contributed by atoms with Crippen molar-refractivity contribution in [3.05, 3.63) is 109 Å². The van der Waals surface area contributed by atoms with Gasteiger partial charge in [-0.25, -0.2) is 4.57 Å². The number of hydrogen-bond acceptors (Lipinski definition) is 9. The standard InChI is InChI=1S/C48H76NO10P/c1-3-5-7-9-11-13-15-17-19-21-22-24-25-27-29-31-33-35-37-39-46(50)56-41-44(42-57-60(54,55)58-43-45(49)48(52)53)59-47(51)40-38-36-34-32-30-28-26-23-20-18-16-14-12-10-8-6-4-2/h5,7,11-14,17-20,22,24,26-29,32,34,44-45H,3-4,6,8-10,15-16,21,23,25,30-31,33,35-43,49H2,1-2H3,(H,52,53)(H,54,55)/b7-5-,13-11-,14-12-,19-17-,20-18-,24-22-,28-26-,29-27-,34-32-/t44-,45+/m1/s1. The molecular formula is C48H76NO10P. The number of allylic oxidation sites excluding steroid dienone is 18. The first kappa shape index (κ1) is 56.1. The van der Waals surface area contributed by atoms with E-state index in [2.05, 4.69) is 116 Å². The molecule has 0 rings (SSSR count). The van der Waals surface area contributed by atoms with Crippen LogP contribution in [0.3, 0.4) is 0 Å². The molecule has 0 fully saturated rings. The minimum Gasteiger partial charge on any atom is -0.480 e. The summed E-state index contributed by atoms with van der Waals surface area (Å²) in [7, 11) is -4.75. The summed E-state index contributed by atoms with van der Waals surface area (Å²) in [5, 5.41) is 8.89. The van der Waals surface area contributed by atoms with Gasteiger partial charge in [-0.1, -0.05) is 142 Å². The third-order valence-corrected chi connectivity index (χ3v) is 9.46. The van der Waals surface area contributed by atoms with Crippen LogP contribution in [-0.2, 0) is 37.5 Å². The molecule has 0 saturated heterocycles. The lowest BCUT2D eigenvalue weighted by atomic mass is 10.1. The maximum atomic E-state index is 12.6. The van der Waals surface area contributed by atoms with E-state index in [0.29, 0.717) is 19.3 Å². The van der Waals surface area contributed by atoms with Gasteiger partial charge in [-0.15, -0.1) is 0 Å². The van der Waals surface area contributed by atoms with Gasteiger partial charge in [0.15, 0.2) is 6.10 Å². The van der Waals surface area contributed by atoms with Gasteiger partial charge in [0.2, 0.25) is 0 Å². The van der Waals surface area contributed by atoms with Gasteiger partial charge in [0, 0.05) is 12.8 Å². The van der Waals surface area contributed by atoms with Crippen LogP contribution in [0, 0.1) is 0 Å². The average Bonchev–Trinajstić information content (AvgIpc) is 3.22. The van der Waals surface area contributed by atoms with Crippen molar-refractivity contribution >= 4 is 25.7 Å². The Morgan fingerprint density at radius 1 is 0.533 bits per heavy atom. The molecule has 0 aliphatic heterocycles. The van der Waals surface area contributed by atoms with Crippen LogP contribution in [0.5, 0.6) is 0 Å². The summed E-state index contributed by atoms with van der Waals surface area (Å²) in [5.41, 5.74) is 5.33. The summed E-state index contributed by atoms with van der Waals surface area (Å²) in [6, 6.07) is -1.54. The fraction of sp³-hybridized carbons (Fsp3) is 0.562. The number of aliphatic carboxylic acids is 1. The Kier molecular flexibility index (Phi) is 39.2. The topological polar surface area (TPSA) is 172 Å². The number of unbranched alkanes of at least 4 members (excludes halogenated alkanes) is 7. The van der Waals surface area contributed by atoms with Crippen LogP contribution in [0.25, 0.3) is 0 Å². The smallest absolute Gasteiger partial charge is 0.472 e. The first-order valence-corrected chi connectivity index (χ1v) is 23.4. The highest BCUT2D eigenvalue weighted by molar-refractivity contribution is 7.47. The van der Waals surface area contributed by atoms with E-state index in [1.807, 2.05) is 12.2 Å². The Labute approximate surface area is 361 Å². The van der Waals surface area contributed by atoms with Gasteiger partial charge in [0.1, 0.15) is 12.6 Å². The molecule has 0 spiro atoms. The van der Waals surface area contributed by atoms with Crippen molar-refractivity contribution in [2.45, 2.75) is 154 Å². The second kappa shape index (κ2) is 41.9. The van der Waals surface area contributed by atoms with Gasteiger partial charge in [0.05, 0.1) is 13.2 Å². The number of nitrogens with two attached hydrogens (primary N) is 1. The van der Waals surface area contributed by atoms with Gasteiger partial charge in [-0.05, 0) is 96.3 Å². The van der Waals surface area contributed by atoms with Gasteiger partial charge in [0.25, 0.3) is 0 Å². The van der Waals surface area contributed by atoms with Gasteiger partial charge in [-0.2, -0.15) is 0 Å². The molecule has 11 nitrogen and oxygen atoms in total. The number of hydrogen-bond donors (Lipinski definition) is 3. The molecule has 0 aliphatic carbocycles. The highest BCUT2D eigenvalue weighted by Crippen LogP contribution is 2.43. The number of phosphoric acid groups is 1. The fourth-order valence-electron chi connectivity index (χ4n) is 5.08. The van der Waals surface area contributed by atoms with E-state index >= 15 is 0 Å². The molecule has 60 heavy (non-hydrogen) atoms. The van der Waals surface area contributed by atoms with Crippen LogP contribution in [0.4, 0.5) is 0 Å².